The summed E-state index contributed by atoms with van der Waals surface area (Å²) in [5.74, 6) is 1.53. The van der Waals surface area contributed by atoms with E-state index in [1.807, 2.05) is 36.4 Å². The summed E-state index contributed by atoms with van der Waals surface area (Å²) >= 11 is 0. The van der Waals surface area contributed by atoms with Gasteiger partial charge in [0.1, 0.15) is 5.82 Å². The van der Waals surface area contributed by atoms with Crippen molar-refractivity contribution in [1.82, 2.24) is 20.2 Å². The number of rotatable bonds is 2. The third-order valence-corrected chi connectivity index (χ3v) is 3.23. The first-order valence-corrected chi connectivity index (χ1v) is 6.44. The molecule has 3 heterocycles. The van der Waals surface area contributed by atoms with E-state index in [9.17, 15) is 0 Å². The Kier molecular flexibility index (Phi) is 2.47. The molecule has 0 amide bonds. The fraction of sp³-hybridized carbons (Fsp3) is 0. The van der Waals surface area contributed by atoms with Crippen molar-refractivity contribution >= 4 is 16.9 Å². The number of anilines is 1. The van der Waals surface area contributed by atoms with E-state index in [2.05, 4.69) is 20.2 Å². The predicted octanol–water partition coefficient (Wildman–Crippen LogP) is 2.86. The van der Waals surface area contributed by atoms with E-state index < -0.39 is 0 Å². The molecule has 0 radical (unpaired) electrons. The van der Waals surface area contributed by atoms with E-state index in [1.165, 1.54) is 0 Å². The normalized spacial score (nSPS) is 11.0. The lowest BCUT2D eigenvalue weighted by Crippen LogP contribution is -1.95. The van der Waals surface area contributed by atoms with Crippen LogP contribution in [0, 0.1) is 0 Å². The minimum Gasteiger partial charge on any atom is -0.461 e. The van der Waals surface area contributed by atoms with E-state index >= 15 is 0 Å². The number of aromatic amines is 1. The lowest BCUT2D eigenvalue weighted by molar-refractivity contribution is 0.577. The van der Waals surface area contributed by atoms with Gasteiger partial charge in [0.25, 0.3) is 0 Å². The quantitative estimate of drug-likeness (QED) is 0.587. The Bertz CT molecular complexity index is 897. The number of nitrogens with zero attached hydrogens (tertiary/aromatic N) is 3. The average molecular weight is 277 g/mol. The summed E-state index contributed by atoms with van der Waals surface area (Å²) in [5.41, 5.74) is 8.17. The number of hydrogen-bond acceptors (Lipinski definition) is 5. The number of hydrogen-bond donors (Lipinski definition) is 2. The Morgan fingerprint density at radius 2 is 1.86 bits per heavy atom. The highest BCUT2D eigenvalue weighted by molar-refractivity contribution is 5.98. The molecule has 0 unspecified atom stereocenters. The minimum absolute atomic E-state index is 0.454. The number of nitrogen functional groups attached to an aromatic ring is 1. The largest absolute Gasteiger partial charge is 0.461 e. The van der Waals surface area contributed by atoms with E-state index in [1.54, 1.807) is 12.3 Å². The number of nitrogens with two attached hydrogens (primary N) is 1. The van der Waals surface area contributed by atoms with E-state index in [-0.39, 0.29) is 0 Å². The summed E-state index contributed by atoms with van der Waals surface area (Å²) in [5, 5.41) is 7.61. The smallest absolute Gasteiger partial charge is 0.198 e. The molecule has 6 nitrogen and oxygen atoms in total. The number of H-pyrrole nitrogens is 1. The lowest BCUT2D eigenvalue weighted by Gasteiger charge is -2.05. The second-order valence-electron chi connectivity index (χ2n) is 4.58. The molecule has 4 aromatic rings. The number of furan rings is 1. The molecule has 1 aromatic carbocycles. The molecule has 4 rings (SSSR count). The maximum Gasteiger partial charge on any atom is 0.198 e. The van der Waals surface area contributed by atoms with Crippen molar-refractivity contribution in [3.05, 3.63) is 48.7 Å². The van der Waals surface area contributed by atoms with Crippen LogP contribution >= 0.6 is 0 Å². The molecule has 0 atom stereocenters. The van der Waals surface area contributed by atoms with E-state index in [4.69, 9.17) is 10.2 Å². The summed E-state index contributed by atoms with van der Waals surface area (Å²) < 4.78 is 5.37. The van der Waals surface area contributed by atoms with Crippen LogP contribution < -0.4 is 5.73 Å². The summed E-state index contributed by atoms with van der Waals surface area (Å²) in [4.78, 5) is 9.00. The summed E-state index contributed by atoms with van der Waals surface area (Å²) in [6.45, 7) is 0. The highest BCUT2D eigenvalue weighted by Crippen LogP contribution is 2.31. The number of aromatic nitrogens is 4. The number of benzene rings is 1. The molecule has 0 aliphatic heterocycles. The molecule has 3 N–H and O–H groups in total. The van der Waals surface area contributed by atoms with Gasteiger partial charge < -0.3 is 10.2 Å². The van der Waals surface area contributed by atoms with Gasteiger partial charge in [-0.2, -0.15) is 5.10 Å². The second-order valence-corrected chi connectivity index (χ2v) is 4.58. The van der Waals surface area contributed by atoms with Gasteiger partial charge in [-0.3, -0.25) is 5.10 Å². The molecule has 21 heavy (non-hydrogen) atoms. The van der Waals surface area contributed by atoms with Crippen LogP contribution in [0.25, 0.3) is 33.9 Å². The van der Waals surface area contributed by atoms with Crippen LogP contribution in [0.15, 0.2) is 53.1 Å². The molecule has 0 saturated heterocycles. The zero-order valence-corrected chi connectivity index (χ0v) is 10.9. The molecule has 102 valence electrons. The molecule has 0 saturated carbocycles. The van der Waals surface area contributed by atoms with Gasteiger partial charge in [0, 0.05) is 5.56 Å². The molecule has 0 aliphatic rings. The molecular formula is C15H11N5O. The maximum absolute atomic E-state index is 5.96. The summed E-state index contributed by atoms with van der Waals surface area (Å²) in [6.07, 6.45) is 1.59. The molecule has 0 aliphatic carbocycles. The Morgan fingerprint density at radius 1 is 1.00 bits per heavy atom. The van der Waals surface area contributed by atoms with Crippen LogP contribution in [0.4, 0.5) is 5.82 Å². The van der Waals surface area contributed by atoms with Crippen molar-refractivity contribution in [2.75, 3.05) is 5.73 Å². The summed E-state index contributed by atoms with van der Waals surface area (Å²) in [6, 6.07) is 13.4. The fourth-order valence-corrected chi connectivity index (χ4v) is 2.27. The van der Waals surface area contributed by atoms with Crippen LogP contribution in [-0.2, 0) is 0 Å². The van der Waals surface area contributed by atoms with E-state index in [0.717, 1.165) is 16.6 Å². The van der Waals surface area contributed by atoms with Crippen molar-refractivity contribution in [1.29, 1.82) is 0 Å². The highest BCUT2D eigenvalue weighted by Gasteiger charge is 2.16. The van der Waals surface area contributed by atoms with Gasteiger partial charge in [-0.1, -0.05) is 30.3 Å². The molecular weight excluding hydrogens is 266 g/mol. The first kappa shape index (κ1) is 11.7. The third kappa shape index (κ3) is 1.85. The highest BCUT2D eigenvalue weighted by atomic mass is 16.3. The fourth-order valence-electron chi connectivity index (χ4n) is 2.27. The van der Waals surface area contributed by atoms with Gasteiger partial charge in [0.2, 0.25) is 0 Å². The first-order valence-electron chi connectivity index (χ1n) is 6.44. The third-order valence-electron chi connectivity index (χ3n) is 3.23. The lowest BCUT2D eigenvalue weighted by atomic mass is 10.1. The zero-order valence-electron chi connectivity index (χ0n) is 10.9. The maximum atomic E-state index is 5.96. The predicted molar refractivity (Wildman–Crippen MR) is 79.2 cm³/mol. The second kappa shape index (κ2) is 4.45. The first-order chi connectivity index (χ1) is 10.3. The Hall–Kier alpha value is -3.15. The Morgan fingerprint density at radius 3 is 2.62 bits per heavy atom. The molecule has 0 bridgehead atoms. The topological polar surface area (TPSA) is 93.6 Å². The van der Waals surface area contributed by atoms with Gasteiger partial charge in [-0.05, 0) is 12.1 Å². The van der Waals surface area contributed by atoms with Crippen molar-refractivity contribution in [3.63, 3.8) is 0 Å². The van der Waals surface area contributed by atoms with Gasteiger partial charge in [-0.15, -0.1) is 0 Å². The zero-order chi connectivity index (χ0) is 14.2. The minimum atomic E-state index is 0.454. The van der Waals surface area contributed by atoms with Crippen molar-refractivity contribution in [2.45, 2.75) is 0 Å². The summed E-state index contributed by atoms with van der Waals surface area (Å²) in [7, 11) is 0. The Balaban J connectivity index is 2.05. The monoisotopic (exact) mass is 277 g/mol. The van der Waals surface area contributed by atoms with E-state index in [0.29, 0.717) is 23.0 Å². The van der Waals surface area contributed by atoms with Gasteiger partial charge in [-0.25, -0.2) is 9.97 Å². The van der Waals surface area contributed by atoms with Crippen molar-refractivity contribution < 1.29 is 4.42 Å². The van der Waals surface area contributed by atoms with Gasteiger partial charge >= 0.3 is 0 Å². The Labute approximate surface area is 119 Å². The SMILES string of the molecule is Nc1[nH]nc2nc(-c3ccco3)nc(-c3ccccc3)c12. The average Bonchev–Trinajstić information content (AvgIpc) is 3.18. The van der Waals surface area contributed by atoms with Crippen molar-refractivity contribution in [2.24, 2.45) is 0 Å². The number of fused-ring (bicyclic) bond motifs is 1. The van der Waals surface area contributed by atoms with Crippen LogP contribution in [0.2, 0.25) is 0 Å². The number of nitrogens with one attached hydrogen (secondary N) is 1. The van der Waals surface area contributed by atoms with Gasteiger partial charge in [0.05, 0.1) is 17.3 Å². The van der Waals surface area contributed by atoms with Crippen LogP contribution in [0.1, 0.15) is 0 Å². The molecule has 6 heteroatoms. The van der Waals surface area contributed by atoms with Gasteiger partial charge in [0.15, 0.2) is 17.2 Å². The van der Waals surface area contributed by atoms with Crippen molar-refractivity contribution in [3.8, 4) is 22.8 Å². The van der Waals surface area contributed by atoms with Crippen LogP contribution in [0.3, 0.4) is 0 Å². The molecule has 3 aromatic heterocycles. The van der Waals surface area contributed by atoms with Crippen LogP contribution in [-0.4, -0.2) is 20.2 Å². The molecule has 0 fully saturated rings. The van der Waals surface area contributed by atoms with Crippen LogP contribution in [0.5, 0.6) is 0 Å². The molecule has 0 spiro atoms. The standard InChI is InChI=1S/C15H11N5O/c16-13-11-12(9-5-2-1-3-6-9)17-14(10-7-4-8-21-10)18-15(11)20-19-13/h1-8H,(H3,16,17,18,19,20).